The van der Waals surface area contributed by atoms with Gasteiger partial charge < -0.3 is 10.6 Å². The van der Waals surface area contributed by atoms with Crippen molar-refractivity contribution >= 4 is 5.96 Å². The normalized spacial score (nSPS) is 15.8. The molecule has 140 valence electrons. The first-order valence-corrected chi connectivity index (χ1v) is 9.74. The van der Waals surface area contributed by atoms with Gasteiger partial charge in [-0.15, -0.1) is 0 Å². The summed E-state index contributed by atoms with van der Waals surface area (Å²) in [5, 5.41) is 11.0. The SMILES string of the molecule is CN=C(NCCCC1CCCCC1)NCc1ccnc(-n2cccn2)c1. The molecule has 0 aromatic carbocycles. The Labute approximate surface area is 156 Å². The van der Waals surface area contributed by atoms with E-state index in [9.17, 15) is 0 Å². The first-order valence-electron chi connectivity index (χ1n) is 9.74. The van der Waals surface area contributed by atoms with Crippen molar-refractivity contribution in [3.8, 4) is 5.82 Å². The van der Waals surface area contributed by atoms with Gasteiger partial charge >= 0.3 is 0 Å². The predicted molar refractivity (Wildman–Crippen MR) is 105 cm³/mol. The molecule has 1 fully saturated rings. The molecule has 0 atom stereocenters. The molecule has 2 aromatic heterocycles. The maximum absolute atomic E-state index is 4.36. The predicted octanol–water partition coefficient (Wildman–Crippen LogP) is 3.29. The van der Waals surface area contributed by atoms with Crippen LogP contribution in [0.25, 0.3) is 5.82 Å². The molecule has 0 bridgehead atoms. The molecule has 1 aliphatic carbocycles. The zero-order valence-electron chi connectivity index (χ0n) is 15.7. The minimum Gasteiger partial charge on any atom is -0.356 e. The Bertz CT molecular complexity index is 673. The fraction of sp³-hybridized carbons (Fsp3) is 0.550. The Morgan fingerprint density at radius 2 is 2.12 bits per heavy atom. The minimum absolute atomic E-state index is 0.707. The number of hydrogen-bond donors (Lipinski definition) is 2. The van der Waals surface area contributed by atoms with Gasteiger partial charge in [-0.05, 0) is 42.5 Å². The summed E-state index contributed by atoms with van der Waals surface area (Å²) in [6.07, 6.45) is 15.1. The third-order valence-electron chi connectivity index (χ3n) is 5.04. The van der Waals surface area contributed by atoms with Crippen LogP contribution in [0.15, 0.2) is 41.8 Å². The van der Waals surface area contributed by atoms with Gasteiger partial charge in [0.05, 0.1) is 0 Å². The highest BCUT2D eigenvalue weighted by Gasteiger charge is 2.12. The van der Waals surface area contributed by atoms with Gasteiger partial charge in [0, 0.05) is 38.7 Å². The summed E-state index contributed by atoms with van der Waals surface area (Å²) in [6, 6.07) is 5.94. The van der Waals surface area contributed by atoms with E-state index >= 15 is 0 Å². The quantitative estimate of drug-likeness (QED) is 0.455. The van der Waals surface area contributed by atoms with Crippen molar-refractivity contribution in [1.82, 2.24) is 25.4 Å². The third-order valence-corrected chi connectivity index (χ3v) is 5.04. The molecular weight excluding hydrogens is 324 g/mol. The molecule has 0 radical (unpaired) electrons. The van der Waals surface area contributed by atoms with Gasteiger partial charge in [0.1, 0.15) is 0 Å². The minimum atomic E-state index is 0.707. The molecule has 26 heavy (non-hydrogen) atoms. The van der Waals surface area contributed by atoms with E-state index < -0.39 is 0 Å². The Kier molecular flexibility index (Phi) is 7.05. The van der Waals surface area contributed by atoms with Crippen LogP contribution in [0.2, 0.25) is 0 Å². The highest BCUT2D eigenvalue weighted by Crippen LogP contribution is 2.26. The fourth-order valence-electron chi connectivity index (χ4n) is 3.58. The smallest absolute Gasteiger partial charge is 0.191 e. The van der Waals surface area contributed by atoms with Gasteiger partial charge in [-0.3, -0.25) is 4.99 Å². The van der Waals surface area contributed by atoms with Gasteiger partial charge in [0.25, 0.3) is 0 Å². The van der Waals surface area contributed by atoms with E-state index in [4.69, 9.17) is 0 Å². The van der Waals surface area contributed by atoms with Crippen molar-refractivity contribution in [2.24, 2.45) is 10.9 Å². The Hall–Kier alpha value is -2.37. The fourth-order valence-corrected chi connectivity index (χ4v) is 3.58. The van der Waals surface area contributed by atoms with Crippen LogP contribution >= 0.6 is 0 Å². The number of aromatic nitrogens is 3. The molecule has 6 heteroatoms. The number of nitrogens with one attached hydrogen (secondary N) is 2. The van der Waals surface area contributed by atoms with Crippen LogP contribution in [0.1, 0.15) is 50.5 Å². The van der Waals surface area contributed by atoms with Crippen molar-refractivity contribution < 1.29 is 0 Å². The number of rotatable bonds is 7. The molecular formula is C20H30N6. The molecule has 2 heterocycles. The van der Waals surface area contributed by atoms with Gasteiger partial charge in [-0.2, -0.15) is 5.10 Å². The van der Waals surface area contributed by atoms with E-state index in [-0.39, 0.29) is 0 Å². The number of hydrogen-bond acceptors (Lipinski definition) is 3. The standard InChI is InChI=1S/C20H30N6/c1-21-20(23-11-5-9-17-7-3-2-4-8-17)24-16-18-10-13-22-19(15-18)26-14-6-12-25-26/h6,10,12-15,17H,2-5,7-9,11,16H2,1H3,(H2,21,23,24). The van der Waals surface area contributed by atoms with Crippen LogP contribution < -0.4 is 10.6 Å². The lowest BCUT2D eigenvalue weighted by Crippen LogP contribution is -2.37. The Balaban J connectivity index is 1.40. The second-order valence-corrected chi connectivity index (χ2v) is 6.97. The lowest BCUT2D eigenvalue weighted by atomic mass is 9.86. The maximum Gasteiger partial charge on any atom is 0.191 e. The summed E-state index contributed by atoms with van der Waals surface area (Å²) < 4.78 is 1.77. The number of pyridine rings is 1. The molecule has 2 N–H and O–H groups in total. The highest BCUT2D eigenvalue weighted by molar-refractivity contribution is 5.79. The average molecular weight is 355 g/mol. The molecule has 1 aliphatic rings. The monoisotopic (exact) mass is 354 g/mol. The molecule has 3 rings (SSSR count). The zero-order valence-corrected chi connectivity index (χ0v) is 15.7. The summed E-state index contributed by atoms with van der Waals surface area (Å²) in [7, 11) is 1.82. The van der Waals surface area contributed by atoms with Crippen LogP contribution in [0.4, 0.5) is 0 Å². The number of guanidine groups is 1. The van der Waals surface area contributed by atoms with Gasteiger partial charge in [-0.25, -0.2) is 9.67 Å². The van der Waals surface area contributed by atoms with Crippen molar-refractivity contribution in [3.05, 3.63) is 42.4 Å². The van der Waals surface area contributed by atoms with Crippen LogP contribution in [0, 0.1) is 5.92 Å². The van der Waals surface area contributed by atoms with E-state index in [0.29, 0.717) is 6.54 Å². The van der Waals surface area contributed by atoms with Crippen LogP contribution in [-0.2, 0) is 6.54 Å². The summed E-state index contributed by atoms with van der Waals surface area (Å²) >= 11 is 0. The van der Waals surface area contributed by atoms with Crippen LogP contribution in [0.3, 0.4) is 0 Å². The third kappa shape index (κ3) is 5.58. The summed E-state index contributed by atoms with van der Waals surface area (Å²) in [5.74, 6) is 2.62. The first-order chi connectivity index (χ1) is 12.8. The summed E-state index contributed by atoms with van der Waals surface area (Å²) in [4.78, 5) is 8.68. The molecule has 0 unspecified atom stereocenters. The molecule has 0 spiro atoms. The van der Waals surface area contributed by atoms with E-state index in [1.165, 1.54) is 44.9 Å². The molecule has 1 saturated carbocycles. The van der Waals surface area contributed by atoms with E-state index in [1.807, 2.05) is 37.6 Å². The van der Waals surface area contributed by atoms with Crippen LogP contribution in [0.5, 0.6) is 0 Å². The first kappa shape index (κ1) is 18.4. The highest BCUT2D eigenvalue weighted by atomic mass is 15.3. The topological polar surface area (TPSA) is 67.1 Å². The van der Waals surface area contributed by atoms with E-state index in [2.05, 4.69) is 25.7 Å². The van der Waals surface area contributed by atoms with Crippen molar-refractivity contribution in [3.63, 3.8) is 0 Å². The summed E-state index contributed by atoms with van der Waals surface area (Å²) in [5.41, 5.74) is 1.15. The van der Waals surface area contributed by atoms with Crippen LogP contribution in [-0.4, -0.2) is 34.3 Å². The van der Waals surface area contributed by atoms with E-state index in [0.717, 1.165) is 29.8 Å². The van der Waals surface area contributed by atoms with Crippen molar-refractivity contribution in [1.29, 1.82) is 0 Å². The molecule has 6 nitrogen and oxygen atoms in total. The maximum atomic E-state index is 4.36. The lowest BCUT2D eigenvalue weighted by Gasteiger charge is -2.21. The van der Waals surface area contributed by atoms with Gasteiger partial charge in [-0.1, -0.05) is 32.1 Å². The van der Waals surface area contributed by atoms with Crippen molar-refractivity contribution in [2.45, 2.75) is 51.5 Å². The largest absolute Gasteiger partial charge is 0.356 e. The Morgan fingerprint density at radius 3 is 2.88 bits per heavy atom. The Morgan fingerprint density at radius 1 is 1.23 bits per heavy atom. The molecule has 0 aliphatic heterocycles. The lowest BCUT2D eigenvalue weighted by molar-refractivity contribution is 0.332. The summed E-state index contributed by atoms with van der Waals surface area (Å²) in [6.45, 7) is 1.68. The molecule has 0 amide bonds. The second-order valence-electron chi connectivity index (χ2n) is 6.97. The second kappa shape index (κ2) is 9.94. The molecule has 0 saturated heterocycles. The zero-order chi connectivity index (χ0) is 18.0. The van der Waals surface area contributed by atoms with Gasteiger partial charge in [0.15, 0.2) is 11.8 Å². The van der Waals surface area contributed by atoms with E-state index in [1.54, 1.807) is 10.9 Å². The van der Waals surface area contributed by atoms with Crippen molar-refractivity contribution in [2.75, 3.05) is 13.6 Å². The number of aliphatic imine (C=N–C) groups is 1. The molecule has 2 aromatic rings. The van der Waals surface area contributed by atoms with Gasteiger partial charge in [0.2, 0.25) is 0 Å². The number of nitrogens with zero attached hydrogens (tertiary/aromatic N) is 4. The average Bonchev–Trinajstić information content (AvgIpc) is 3.23.